The van der Waals surface area contributed by atoms with Crippen molar-refractivity contribution in [1.29, 1.82) is 0 Å². The normalized spacial score (nSPS) is 12.9. The maximum atomic E-state index is 2.64. The summed E-state index contributed by atoms with van der Waals surface area (Å²) in [7, 11) is 0. The van der Waals surface area contributed by atoms with Gasteiger partial charge in [-0.25, -0.2) is 0 Å². The summed E-state index contributed by atoms with van der Waals surface area (Å²) in [5.74, 6) is 0. The van der Waals surface area contributed by atoms with Gasteiger partial charge in [-0.15, -0.1) is 0 Å². The van der Waals surface area contributed by atoms with Crippen molar-refractivity contribution in [2.45, 2.75) is 110 Å². The number of benzene rings is 9. The average molecular weight is 951 g/mol. The van der Waals surface area contributed by atoms with Gasteiger partial charge in [0.05, 0.1) is 27.8 Å². The molecule has 0 saturated heterocycles. The Morgan fingerprint density at radius 2 is 0.630 bits per heavy atom. The summed E-state index contributed by atoms with van der Waals surface area (Å²) in [5, 5.41) is 5.03. The van der Waals surface area contributed by atoms with Crippen LogP contribution >= 0.6 is 0 Å². The topological polar surface area (TPSA) is 9.86 Å². The second-order valence-corrected chi connectivity index (χ2v) is 24.3. The number of fused-ring (bicyclic) bond motifs is 6. The van der Waals surface area contributed by atoms with E-state index in [1.54, 1.807) is 0 Å². The lowest BCUT2D eigenvalue weighted by Gasteiger charge is -2.38. The summed E-state index contributed by atoms with van der Waals surface area (Å²) in [5.41, 5.74) is 18.9. The summed E-state index contributed by atoms with van der Waals surface area (Å²) in [6, 6.07) is 78.1. The van der Waals surface area contributed by atoms with E-state index in [2.05, 4.69) is 298 Å². The standard InChI is InChI=1S/C71H70N2/c1-67(2,3)52-34-38-62-57(42-52)58-43-53(68(4,5)6)35-39-63(58)72(62)55-36-40-65-59(46-55)56-41-48(47-25-17-13-18-26-47)33-37-64(56)73(65)66-60(70(9,10)50-29-21-15-22-30-50)44-54(69(7,8)49-27-19-14-20-28-49)45-61(66)71(11,12)51-31-23-16-24-32-51/h13-46H,1-12H3. The van der Waals surface area contributed by atoms with Gasteiger partial charge < -0.3 is 9.13 Å². The van der Waals surface area contributed by atoms with Crippen LogP contribution in [0.5, 0.6) is 0 Å². The Balaban J connectivity index is 1.28. The Morgan fingerprint density at radius 3 is 1.08 bits per heavy atom. The molecule has 0 N–H and O–H groups in total. The Kier molecular flexibility index (Phi) is 11.4. The van der Waals surface area contributed by atoms with Crippen molar-refractivity contribution in [2.75, 3.05) is 0 Å². The lowest BCUT2D eigenvalue weighted by atomic mass is 9.68. The molecule has 0 aliphatic heterocycles. The molecule has 0 fully saturated rings. The van der Waals surface area contributed by atoms with E-state index in [1.807, 2.05) is 0 Å². The first-order chi connectivity index (χ1) is 34.7. The SMILES string of the molecule is CC(C)(C)c1ccc2c(c1)c1cc(C(C)(C)C)ccc1n2-c1ccc2c(c1)c1cc(-c3ccccc3)ccc1n2-c1c(C(C)(C)c2ccccc2)cc(C(C)(C)c2ccccc2)cc1C(C)(C)c1ccccc1. The maximum absolute atomic E-state index is 2.64. The molecule has 73 heavy (non-hydrogen) atoms. The van der Waals surface area contributed by atoms with Crippen LogP contribution in [0.4, 0.5) is 0 Å². The van der Waals surface area contributed by atoms with Gasteiger partial charge in [0.1, 0.15) is 0 Å². The Labute approximate surface area is 434 Å². The van der Waals surface area contributed by atoms with Crippen molar-refractivity contribution in [3.05, 3.63) is 251 Å². The zero-order valence-corrected chi connectivity index (χ0v) is 45.0. The minimum absolute atomic E-state index is 0.0127. The van der Waals surface area contributed by atoms with Crippen LogP contribution in [-0.2, 0) is 27.1 Å². The van der Waals surface area contributed by atoms with Gasteiger partial charge in [0.15, 0.2) is 0 Å². The molecule has 0 aliphatic carbocycles. The molecule has 0 spiro atoms. The van der Waals surface area contributed by atoms with E-state index < -0.39 is 10.8 Å². The number of aromatic nitrogens is 2. The molecule has 0 saturated carbocycles. The predicted octanol–water partition coefficient (Wildman–Crippen LogP) is 19.1. The van der Waals surface area contributed by atoms with Gasteiger partial charge in [0, 0.05) is 43.5 Å². The maximum Gasteiger partial charge on any atom is 0.0544 e. The Hall–Kier alpha value is -7.42. The van der Waals surface area contributed by atoms with Crippen molar-refractivity contribution in [3.63, 3.8) is 0 Å². The summed E-state index contributed by atoms with van der Waals surface area (Å²) in [4.78, 5) is 0. The zero-order valence-electron chi connectivity index (χ0n) is 45.0. The number of rotatable bonds is 9. The van der Waals surface area contributed by atoms with Crippen molar-refractivity contribution < 1.29 is 0 Å². The third kappa shape index (κ3) is 8.11. The first-order valence-corrected chi connectivity index (χ1v) is 26.3. The minimum Gasteiger partial charge on any atom is -0.309 e. The van der Waals surface area contributed by atoms with Gasteiger partial charge in [-0.1, -0.05) is 235 Å². The molecular formula is C71H70N2. The van der Waals surface area contributed by atoms with Crippen molar-refractivity contribution in [3.8, 4) is 22.5 Å². The highest BCUT2D eigenvalue weighted by Crippen LogP contribution is 2.49. The second kappa shape index (κ2) is 17.4. The Bertz CT molecular complexity index is 3700. The Morgan fingerprint density at radius 1 is 0.260 bits per heavy atom. The van der Waals surface area contributed by atoms with Crippen LogP contribution in [0, 0.1) is 0 Å². The molecule has 2 heterocycles. The minimum atomic E-state index is -0.408. The number of hydrogen-bond acceptors (Lipinski definition) is 0. The van der Waals surface area contributed by atoms with Crippen molar-refractivity contribution >= 4 is 43.6 Å². The molecule has 0 unspecified atom stereocenters. The fourth-order valence-electron chi connectivity index (χ4n) is 11.7. The third-order valence-corrected chi connectivity index (χ3v) is 16.5. The monoisotopic (exact) mass is 951 g/mol. The van der Waals surface area contributed by atoms with E-state index in [1.165, 1.54) is 105 Å². The largest absolute Gasteiger partial charge is 0.309 e. The van der Waals surface area contributed by atoms with Gasteiger partial charge >= 0.3 is 0 Å². The van der Waals surface area contributed by atoms with E-state index in [-0.39, 0.29) is 16.2 Å². The summed E-state index contributed by atoms with van der Waals surface area (Å²) in [6.07, 6.45) is 0. The quantitative estimate of drug-likeness (QED) is 0.136. The lowest BCUT2D eigenvalue weighted by molar-refractivity contribution is 0.590. The van der Waals surface area contributed by atoms with Crippen LogP contribution in [0.3, 0.4) is 0 Å². The summed E-state index contributed by atoms with van der Waals surface area (Å²) in [6.45, 7) is 28.4. The van der Waals surface area contributed by atoms with Crippen LogP contribution in [0.25, 0.3) is 66.1 Å². The molecule has 2 nitrogen and oxygen atoms in total. The molecule has 9 aromatic carbocycles. The van der Waals surface area contributed by atoms with Gasteiger partial charge in [-0.05, 0) is 121 Å². The van der Waals surface area contributed by atoms with E-state index in [9.17, 15) is 0 Å². The van der Waals surface area contributed by atoms with Crippen LogP contribution in [-0.4, -0.2) is 9.13 Å². The van der Waals surface area contributed by atoms with Crippen LogP contribution < -0.4 is 0 Å². The molecular weight excluding hydrogens is 881 g/mol. The summed E-state index contributed by atoms with van der Waals surface area (Å²) < 4.78 is 5.15. The smallest absolute Gasteiger partial charge is 0.0544 e. The highest BCUT2D eigenvalue weighted by atomic mass is 15.0. The fraction of sp³-hybridized carbons (Fsp3) is 0.239. The first kappa shape index (κ1) is 47.9. The number of nitrogens with zero attached hydrogens (tertiary/aromatic N) is 2. The van der Waals surface area contributed by atoms with E-state index in [0.29, 0.717) is 0 Å². The molecule has 0 aliphatic rings. The van der Waals surface area contributed by atoms with Crippen LogP contribution in [0.2, 0.25) is 0 Å². The first-order valence-electron chi connectivity index (χ1n) is 26.3. The highest BCUT2D eigenvalue weighted by Gasteiger charge is 2.38. The van der Waals surface area contributed by atoms with E-state index in [4.69, 9.17) is 0 Å². The molecule has 2 heteroatoms. The molecule has 0 atom stereocenters. The number of hydrogen-bond donors (Lipinski definition) is 0. The third-order valence-electron chi connectivity index (χ3n) is 16.5. The molecule has 2 aromatic heterocycles. The second-order valence-electron chi connectivity index (χ2n) is 24.3. The zero-order chi connectivity index (χ0) is 51.2. The summed E-state index contributed by atoms with van der Waals surface area (Å²) >= 11 is 0. The highest BCUT2D eigenvalue weighted by molar-refractivity contribution is 6.13. The van der Waals surface area contributed by atoms with Crippen molar-refractivity contribution in [1.82, 2.24) is 9.13 Å². The van der Waals surface area contributed by atoms with E-state index in [0.717, 1.165) is 5.69 Å². The van der Waals surface area contributed by atoms with E-state index >= 15 is 0 Å². The van der Waals surface area contributed by atoms with Gasteiger partial charge in [0.25, 0.3) is 0 Å². The van der Waals surface area contributed by atoms with Gasteiger partial charge in [-0.3, -0.25) is 0 Å². The van der Waals surface area contributed by atoms with Gasteiger partial charge in [-0.2, -0.15) is 0 Å². The molecule has 11 aromatic rings. The van der Waals surface area contributed by atoms with Crippen molar-refractivity contribution in [2.24, 2.45) is 0 Å². The van der Waals surface area contributed by atoms with Gasteiger partial charge in [0.2, 0.25) is 0 Å². The fourth-order valence-corrected chi connectivity index (χ4v) is 11.7. The lowest BCUT2D eigenvalue weighted by Crippen LogP contribution is -2.30. The van der Waals surface area contributed by atoms with Crippen LogP contribution in [0.1, 0.15) is 128 Å². The molecule has 0 amide bonds. The average Bonchev–Trinajstić information content (AvgIpc) is 3.90. The molecule has 364 valence electrons. The molecule has 0 bridgehead atoms. The predicted molar refractivity (Wildman–Crippen MR) is 314 cm³/mol. The molecule has 11 rings (SSSR count). The van der Waals surface area contributed by atoms with Crippen LogP contribution in [0.15, 0.2) is 206 Å². The molecule has 0 radical (unpaired) electrons.